The van der Waals surface area contributed by atoms with Crippen molar-refractivity contribution in [2.24, 2.45) is 0 Å². The number of para-hydroxylation sites is 1. The summed E-state index contributed by atoms with van der Waals surface area (Å²) in [6, 6.07) is 11.4. The molecule has 6 heteroatoms. The van der Waals surface area contributed by atoms with Crippen molar-refractivity contribution in [3.63, 3.8) is 0 Å². The average molecular weight is 301 g/mol. The molecule has 3 N–H and O–H groups in total. The number of ketones is 1. The second kappa shape index (κ2) is 5.44. The van der Waals surface area contributed by atoms with Crippen LogP contribution < -0.4 is 11.1 Å². The van der Waals surface area contributed by atoms with Gasteiger partial charge in [0.1, 0.15) is 10.7 Å². The van der Waals surface area contributed by atoms with Gasteiger partial charge in [-0.3, -0.25) is 4.79 Å². The first-order valence-electron chi connectivity index (χ1n) is 5.89. The van der Waals surface area contributed by atoms with Gasteiger partial charge in [-0.2, -0.15) is 11.3 Å². The summed E-state index contributed by atoms with van der Waals surface area (Å²) in [5, 5.41) is 7.44. The first-order valence-corrected chi connectivity index (χ1v) is 7.65. The molecular weight excluding hydrogens is 290 g/mol. The van der Waals surface area contributed by atoms with Crippen molar-refractivity contribution in [3.05, 3.63) is 57.6 Å². The topological polar surface area (TPSA) is 68.0 Å². The summed E-state index contributed by atoms with van der Waals surface area (Å²) in [4.78, 5) is 16.9. The normalized spacial score (nSPS) is 10.4. The van der Waals surface area contributed by atoms with Crippen molar-refractivity contribution in [3.8, 4) is 0 Å². The van der Waals surface area contributed by atoms with Crippen LogP contribution in [0.4, 0.5) is 16.6 Å². The van der Waals surface area contributed by atoms with Crippen LogP contribution in [0.1, 0.15) is 15.2 Å². The number of hydrogen-bond acceptors (Lipinski definition) is 6. The van der Waals surface area contributed by atoms with Crippen molar-refractivity contribution >= 4 is 45.1 Å². The Morgan fingerprint density at radius 2 is 2.00 bits per heavy atom. The Hall–Kier alpha value is -2.18. The second-order valence-electron chi connectivity index (χ2n) is 4.07. The number of aromatic nitrogens is 1. The second-order valence-corrected chi connectivity index (χ2v) is 5.84. The molecule has 0 aliphatic heterocycles. The standard InChI is InChI=1S/C14H11N3OS2/c15-13-12(11(18)9-6-7-19-8-9)20-14(17-13)16-10-4-2-1-3-5-10/h1-8H,15H2,(H,16,17). The van der Waals surface area contributed by atoms with Crippen LogP contribution in [0.25, 0.3) is 0 Å². The third-order valence-corrected chi connectivity index (χ3v) is 4.34. The molecule has 0 unspecified atom stereocenters. The predicted molar refractivity (Wildman–Crippen MR) is 84.0 cm³/mol. The molecule has 4 nitrogen and oxygen atoms in total. The highest BCUT2D eigenvalue weighted by molar-refractivity contribution is 7.18. The van der Waals surface area contributed by atoms with Gasteiger partial charge in [0.15, 0.2) is 5.13 Å². The molecule has 2 aromatic heterocycles. The number of benzene rings is 1. The first-order chi connectivity index (χ1) is 9.74. The van der Waals surface area contributed by atoms with Gasteiger partial charge in [-0.1, -0.05) is 29.5 Å². The third-order valence-electron chi connectivity index (χ3n) is 2.67. The number of nitrogens with two attached hydrogens (primary N) is 1. The lowest BCUT2D eigenvalue weighted by Crippen LogP contribution is -2.00. The SMILES string of the molecule is Nc1nc(Nc2ccccc2)sc1C(=O)c1ccsc1. The number of nitrogen functional groups attached to an aromatic ring is 1. The van der Waals surface area contributed by atoms with E-state index in [9.17, 15) is 4.79 Å². The smallest absolute Gasteiger partial charge is 0.207 e. The number of nitrogens with zero attached hydrogens (tertiary/aromatic N) is 1. The van der Waals surface area contributed by atoms with Crippen LogP contribution in [-0.2, 0) is 0 Å². The molecule has 1 aromatic carbocycles. The van der Waals surface area contributed by atoms with Crippen LogP contribution in [0, 0.1) is 0 Å². The zero-order chi connectivity index (χ0) is 13.9. The Labute approximate surface area is 123 Å². The van der Waals surface area contributed by atoms with Crippen molar-refractivity contribution in [2.75, 3.05) is 11.1 Å². The fraction of sp³-hybridized carbons (Fsp3) is 0. The van der Waals surface area contributed by atoms with Crippen molar-refractivity contribution < 1.29 is 4.79 Å². The van der Waals surface area contributed by atoms with Gasteiger partial charge in [-0.25, -0.2) is 4.98 Å². The molecule has 0 saturated carbocycles. The number of nitrogens with one attached hydrogen (secondary N) is 1. The van der Waals surface area contributed by atoms with E-state index in [1.807, 2.05) is 41.1 Å². The van der Waals surface area contributed by atoms with Gasteiger partial charge in [-0.05, 0) is 23.6 Å². The number of anilines is 3. The van der Waals surface area contributed by atoms with E-state index in [1.165, 1.54) is 22.7 Å². The van der Waals surface area contributed by atoms with Crippen molar-refractivity contribution in [1.82, 2.24) is 4.98 Å². The average Bonchev–Trinajstić information content (AvgIpc) is 3.09. The van der Waals surface area contributed by atoms with E-state index in [0.29, 0.717) is 15.6 Å². The van der Waals surface area contributed by atoms with Gasteiger partial charge in [0.05, 0.1) is 0 Å². The summed E-state index contributed by atoms with van der Waals surface area (Å²) in [5.74, 6) is 0.187. The van der Waals surface area contributed by atoms with Gasteiger partial charge in [0.2, 0.25) is 5.78 Å². The number of carbonyl (C=O) groups is 1. The summed E-state index contributed by atoms with van der Waals surface area (Å²) in [7, 11) is 0. The van der Waals surface area contributed by atoms with Crippen LogP contribution in [0.5, 0.6) is 0 Å². The lowest BCUT2D eigenvalue weighted by molar-refractivity contribution is 0.104. The molecule has 0 aliphatic carbocycles. The van der Waals surface area contributed by atoms with Gasteiger partial charge in [-0.15, -0.1) is 0 Å². The van der Waals surface area contributed by atoms with E-state index in [-0.39, 0.29) is 11.6 Å². The number of thiophene rings is 1. The zero-order valence-corrected chi connectivity index (χ0v) is 12.0. The molecule has 3 aromatic rings. The number of carbonyl (C=O) groups excluding carboxylic acids is 1. The maximum absolute atomic E-state index is 12.3. The van der Waals surface area contributed by atoms with E-state index in [4.69, 9.17) is 5.73 Å². The van der Waals surface area contributed by atoms with Gasteiger partial charge >= 0.3 is 0 Å². The fourth-order valence-corrected chi connectivity index (χ4v) is 3.22. The highest BCUT2D eigenvalue weighted by Gasteiger charge is 2.18. The Kier molecular flexibility index (Phi) is 3.49. The molecule has 0 amide bonds. The van der Waals surface area contributed by atoms with E-state index >= 15 is 0 Å². The molecule has 0 saturated heterocycles. The summed E-state index contributed by atoms with van der Waals surface area (Å²) >= 11 is 2.75. The maximum atomic E-state index is 12.3. The molecule has 0 radical (unpaired) electrons. The quantitative estimate of drug-likeness (QED) is 0.720. The molecule has 2 heterocycles. The highest BCUT2D eigenvalue weighted by atomic mass is 32.1. The largest absolute Gasteiger partial charge is 0.382 e. The molecule has 0 spiro atoms. The molecule has 100 valence electrons. The minimum Gasteiger partial charge on any atom is -0.382 e. The summed E-state index contributed by atoms with van der Waals surface area (Å²) in [6.45, 7) is 0. The molecule has 3 rings (SSSR count). The minimum atomic E-state index is -0.0811. The van der Waals surface area contributed by atoms with Gasteiger partial charge < -0.3 is 11.1 Å². The van der Waals surface area contributed by atoms with Gasteiger partial charge in [0, 0.05) is 16.6 Å². The predicted octanol–water partition coefficient (Wildman–Crippen LogP) is 3.76. The molecule has 0 atom stereocenters. The Morgan fingerprint density at radius 1 is 1.20 bits per heavy atom. The monoisotopic (exact) mass is 301 g/mol. The minimum absolute atomic E-state index is 0.0811. The Morgan fingerprint density at radius 3 is 2.70 bits per heavy atom. The molecule has 0 bridgehead atoms. The lowest BCUT2D eigenvalue weighted by Gasteiger charge is -2.00. The fourth-order valence-electron chi connectivity index (χ4n) is 1.72. The first kappa shape index (κ1) is 12.8. The maximum Gasteiger partial charge on any atom is 0.207 e. The summed E-state index contributed by atoms with van der Waals surface area (Å²) in [5.41, 5.74) is 7.41. The lowest BCUT2D eigenvalue weighted by atomic mass is 10.2. The van der Waals surface area contributed by atoms with Crippen LogP contribution in [0.2, 0.25) is 0 Å². The van der Waals surface area contributed by atoms with Gasteiger partial charge in [0.25, 0.3) is 0 Å². The van der Waals surface area contributed by atoms with E-state index < -0.39 is 0 Å². The molecular formula is C14H11N3OS2. The molecule has 0 aliphatic rings. The zero-order valence-electron chi connectivity index (χ0n) is 10.4. The van der Waals surface area contributed by atoms with Crippen LogP contribution in [0.15, 0.2) is 47.2 Å². The van der Waals surface area contributed by atoms with Crippen LogP contribution in [-0.4, -0.2) is 10.8 Å². The summed E-state index contributed by atoms with van der Waals surface area (Å²) < 4.78 is 0. The van der Waals surface area contributed by atoms with E-state index in [2.05, 4.69) is 10.3 Å². The van der Waals surface area contributed by atoms with Crippen molar-refractivity contribution in [2.45, 2.75) is 0 Å². The third kappa shape index (κ3) is 2.56. The Balaban J connectivity index is 1.86. The number of thiazole rings is 1. The van der Waals surface area contributed by atoms with Crippen LogP contribution >= 0.6 is 22.7 Å². The van der Waals surface area contributed by atoms with Crippen molar-refractivity contribution in [1.29, 1.82) is 0 Å². The summed E-state index contributed by atoms with van der Waals surface area (Å²) in [6.07, 6.45) is 0. The number of rotatable bonds is 4. The van der Waals surface area contributed by atoms with E-state index in [0.717, 1.165) is 5.69 Å². The van der Waals surface area contributed by atoms with Crippen LogP contribution in [0.3, 0.4) is 0 Å². The number of hydrogen-bond donors (Lipinski definition) is 2. The van der Waals surface area contributed by atoms with E-state index in [1.54, 1.807) is 6.07 Å². The highest BCUT2D eigenvalue weighted by Crippen LogP contribution is 2.29. The molecule has 0 fully saturated rings. The Bertz CT molecular complexity index is 720. The molecule has 20 heavy (non-hydrogen) atoms.